The smallest absolute Gasteiger partial charge is 0.255 e. The van der Waals surface area contributed by atoms with Crippen LogP contribution in [0.5, 0.6) is 0 Å². The number of amides is 1. The number of nitrogens with one attached hydrogen (secondary N) is 1. The molecule has 0 saturated heterocycles. The van der Waals surface area contributed by atoms with Crippen LogP contribution in [0.3, 0.4) is 0 Å². The molecule has 2 aromatic heterocycles. The van der Waals surface area contributed by atoms with Gasteiger partial charge in [0.1, 0.15) is 0 Å². The zero-order valence-corrected chi connectivity index (χ0v) is 14.2. The lowest BCUT2D eigenvalue weighted by atomic mass is 10.1. The molecule has 4 nitrogen and oxygen atoms in total. The molecule has 0 aliphatic heterocycles. The summed E-state index contributed by atoms with van der Waals surface area (Å²) in [5, 5.41) is 2.95. The fraction of sp³-hybridized carbons (Fsp3) is 0.263. The van der Waals surface area contributed by atoms with E-state index in [1.807, 2.05) is 17.2 Å². The topological polar surface area (TPSA) is 53.2 Å². The molecule has 1 aliphatic carbocycles. The molecule has 1 saturated carbocycles. The molecule has 1 aliphatic rings. The van der Waals surface area contributed by atoms with Gasteiger partial charge in [-0.2, -0.15) is 0 Å². The second-order valence-electron chi connectivity index (χ2n) is 6.32. The lowest BCUT2D eigenvalue weighted by Gasteiger charge is -2.22. The van der Waals surface area contributed by atoms with Crippen molar-refractivity contribution in [2.24, 2.45) is 0 Å². The monoisotopic (exact) mass is 338 g/mol. The Labute approximate surface area is 144 Å². The van der Waals surface area contributed by atoms with E-state index in [0.29, 0.717) is 23.0 Å². The number of Topliss-reactive ketones (excluding diaryl/α,β-unsaturated/α-hetero) is 1. The lowest BCUT2D eigenvalue weighted by molar-refractivity contribution is 0.0730. The highest BCUT2D eigenvalue weighted by atomic mass is 32.1. The Morgan fingerprint density at radius 2 is 2.08 bits per heavy atom. The van der Waals surface area contributed by atoms with Crippen LogP contribution in [-0.4, -0.2) is 27.6 Å². The van der Waals surface area contributed by atoms with E-state index in [0.717, 1.165) is 29.3 Å². The molecule has 0 atom stereocenters. The summed E-state index contributed by atoms with van der Waals surface area (Å²) >= 11 is 1.34. The Bertz CT molecular complexity index is 920. The average molecular weight is 338 g/mol. The third-order valence-corrected chi connectivity index (χ3v) is 5.44. The Hall–Kier alpha value is -2.40. The molecule has 0 radical (unpaired) electrons. The molecule has 122 valence electrons. The number of hydrogen-bond donors (Lipinski definition) is 1. The maximum Gasteiger partial charge on any atom is 0.255 e. The maximum absolute atomic E-state index is 12.9. The first kappa shape index (κ1) is 15.1. The minimum atomic E-state index is 0.00920. The van der Waals surface area contributed by atoms with E-state index in [2.05, 4.69) is 23.2 Å². The highest BCUT2D eigenvalue weighted by Gasteiger charge is 2.33. The summed E-state index contributed by atoms with van der Waals surface area (Å²) in [6.45, 7) is 2.14. The first-order chi connectivity index (χ1) is 11.6. The zero-order chi connectivity index (χ0) is 16.7. The molecule has 5 heteroatoms. The number of aromatic amines is 1. The van der Waals surface area contributed by atoms with Crippen LogP contribution in [0.4, 0.5) is 0 Å². The van der Waals surface area contributed by atoms with Gasteiger partial charge < -0.3 is 9.88 Å². The number of thiophene rings is 1. The van der Waals surface area contributed by atoms with Crippen LogP contribution < -0.4 is 0 Å². The predicted octanol–water partition coefficient (Wildman–Crippen LogP) is 4.24. The first-order valence-electron chi connectivity index (χ1n) is 8.08. The van der Waals surface area contributed by atoms with Crippen molar-refractivity contribution in [3.05, 3.63) is 57.9 Å². The van der Waals surface area contributed by atoms with Gasteiger partial charge in [-0.25, -0.2) is 0 Å². The van der Waals surface area contributed by atoms with E-state index in [-0.39, 0.29) is 11.7 Å². The number of rotatable bonds is 5. The SMILES string of the molecule is CC(=O)c1cc(C(=O)N(Cc2ccc3[nH]ccc3c2)C2CC2)cs1. The third kappa shape index (κ3) is 2.87. The molecular formula is C19H18N2O2S. The first-order valence-corrected chi connectivity index (χ1v) is 8.96. The van der Waals surface area contributed by atoms with Gasteiger partial charge >= 0.3 is 0 Å². The minimum Gasteiger partial charge on any atom is -0.361 e. The Morgan fingerprint density at radius 3 is 2.79 bits per heavy atom. The van der Waals surface area contributed by atoms with Crippen molar-refractivity contribution in [2.45, 2.75) is 32.4 Å². The van der Waals surface area contributed by atoms with Crippen LogP contribution in [0.1, 0.15) is 45.4 Å². The van der Waals surface area contributed by atoms with Gasteiger partial charge in [0.25, 0.3) is 5.91 Å². The molecular weight excluding hydrogens is 320 g/mol. The molecule has 0 spiro atoms. The summed E-state index contributed by atoms with van der Waals surface area (Å²) in [4.78, 5) is 30.1. The molecule has 1 N–H and O–H groups in total. The van der Waals surface area contributed by atoms with Gasteiger partial charge in [0.15, 0.2) is 5.78 Å². The lowest BCUT2D eigenvalue weighted by Crippen LogP contribution is -2.32. The molecule has 4 rings (SSSR count). The fourth-order valence-electron chi connectivity index (χ4n) is 2.95. The number of ketones is 1. The predicted molar refractivity (Wildman–Crippen MR) is 95.5 cm³/mol. The molecule has 1 amide bonds. The van der Waals surface area contributed by atoms with E-state index in [1.54, 1.807) is 11.4 Å². The standard InChI is InChI=1S/C19H18N2O2S/c1-12(22)18-9-15(11-24-18)19(23)21(16-3-4-16)10-13-2-5-17-14(8-13)6-7-20-17/h2,5-9,11,16,20H,3-4,10H2,1H3. The molecule has 1 fully saturated rings. The number of carbonyl (C=O) groups is 2. The van der Waals surface area contributed by atoms with Crippen molar-refractivity contribution < 1.29 is 9.59 Å². The minimum absolute atomic E-state index is 0.00920. The van der Waals surface area contributed by atoms with Crippen molar-refractivity contribution in [1.29, 1.82) is 0 Å². The van der Waals surface area contributed by atoms with E-state index in [1.165, 1.54) is 18.3 Å². The molecule has 24 heavy (non-hydrogen) atoms. The average Bonchev–Trinajstić information content (AvgIpc) is 3.11. The highest BCUT2D eigenvalue weighted by Crippen LogP contribution is 2.31. The number of H-pyrrole nitrogens is 1. The molecule has 1 aromatic carbocycles. The fourth-order valence-corrected chi connectivity index (χ4v) is 3.73. The van der Waals surface area contributed by atoms with E-state index in [9.17, 15) is 9.59 Å². The van der Waals surface area contributed by atoms with Gasteiger partial charge in [-0.1, -0.05) is 6.07 Å². The summed E-state index contributed by atoms with van der Waals surface area (Å²) in [7, 11) is 0. The normalized spacial score (nSPS) is 14.0. The number of benzene rings is 1. The largest absolute Gasteiger partial charge is 0.361 e. The number of nitrogens with zero attached hydrogens (tertiary/aromatic N) is 1. The Balaban J connectivity index is 1.59. The van der Waals surface area contributed by atoms with Gasteiger partial charge in [-0.3, -0.25) is 9.59 Å². The van der Waals surface area contributed by atoms with Gasteiger partial charge in [-0.15, -0.1) is 11.3 Å². The quantitative estimate of drug-likeness (QED) is 0.708. The van der Waals surface area contributed by atoms with Crippen molar-refractivity contribution in [3.8, 4) is 0 Å². The summed E-state index contributed by atoms with van der Waals surface area (Å²) < 4.78 is 0. The summed E-state index contributed by atoms with van der Waals surface area (Å²) in [5.41, 5.74) is 2.86. The molecule has 0 bridgehead atoms. The van der Waals surface area contributed by atoms with E-state index >= 15 is 0 Å². The van der Waals surface area contributed by atoms with Crippen LogP contribution in [0.25, 0.3) is 10.9 Å². The Morgan fingerprint density at radius 1 is 1.25 bits per heavy atom. The van der Waals surface area contributed by atoms with Crippen molar-refractivity contribution in [3.63, 3.8) is 0 Å². The van der Waals surface area contributed by atoms with Crippen LogP contribution in [0.15, 0.2) is 41.9 Å². The molecule has 2 heterocycles. The van der Waals surface area contributed by atoms with Crippen LogP contribution >= 0.6 is 11.3 Å². The highest BCUT2D eigenvalue weighted by molar-refractivity contribution is 7.12. The molecule has 0 unspecified atom stereocenters. The van der Waals surface area contributed by atoms with Crippen LogP contribution in [0, 0.1) is 0 Å². The number of hydrogen-bond acceptors (Lipinski definition) is 3. The number of aromatic nitrogens is 1. The second-order valence-corrected chi connectivity index (χ2v) is 7.23. The van der Waals surface area contributed by atoms with Gasteiger partial charge in [0.05, 0.1) is 10.4 Å². The number of carbonyl (C=O) groups excluding carboxylic acids is 2. The van der Waals surface area contributed by atoms with Crippen molar-refractivity contribution >= 4 is 33.9 Å². The van der Waals surface area contributed by atoms with Crippen molar-refractivity contribution in [1.82, 2.24) is 9.88 Å². The second kappa shape index (κ2) is 5.91. The maximum atomic E-state index is 12.9. The summed E-state index contributed by atoms with van der Waals surface area (Å²) in [6, 6.07) is 10.3. The van der Waals surface area contributed by atoms with Gasteiger partial charge in [0.2, 0.25) is 0 Å². The summed E-state index contributed by atoms with van der Waals surface area (Å²) in [5.74, 6) is 0.0327. The van der Waals surface area contributed by atoms with Crippen LogP contribution in [-0.2, 0) is 6.54 Å². The molecule has 3 aromatic rings. The van der Waals surface area contributed by atoms with Crippen molar-refractivity contribution in [2.75, 3.05) is 0 Å². The van der Waals surface area contributed by atoms with Gasteiger partial charge in [0, 0.05) is 29.7 Å². The van der Waals surface area contributed by atoms with Gasteiger partial charge in [-0.05, 0) is 55.0 Å². The van der Waals surface area contributed by atoms with E-state index in [4.69, 9.17) is 0 Å². The van der Waals surface area contributed by atoms with Crippen LogP contribution in [0.2, 0.25) is 0 Å². The zero-order valence-electron chi connectivity index (χ0n) is 13.4. The number of fused-ring (bicyclic) bond motifs is 1. The Kier molecular flexibility index (Phi) is 3.73. The summed E-state index contributed by atoms with van der Waals surface area (Å²) in [6.07, 6.45) is 4.04. The van der Waals surface area contributed by atoms with E-state index < -0.39 is 0 Å². The third-order valence-electron chi connectivity index (χ3n) is 4.41.